The molecule has 0 bridgehead atoms. The summed E-state index contributed by atoms with van der Waals surface area (Å²) in [6.07, 6.45) is 1.67. The van der Waals surface area contributed by atoms with Crippen LogP contribution in [0.5, 0.6) is 0 Å². The van der Waals surface area contributed by atoms with E-state index >= 15 is 0 Å². The van der Waals surface area contributed by atoms with E-state index in [1.807, 2.05) is 19.1 Å². The molecule has 4 nitrogen and oxygen atoms in total. The van der Waals surface area contributed by atoms with Crippen LogP contribution >= 0.6 is 27.7 Å². The highest BCUT2D eigenvalue weighted by atomic mass is 79.9. The molecule has 2 aromatic heterocycles. The number of carboxylic acid groups (broad SMARTS) is 1. The van der Waals surface area contributed by atoms with Crippen molar-refractivity contribution < 1.29 is 9.90 Å². The van der Waals surface area contributed by atoms with E-state index in [0.717, 1.165) is 10.2 Å². The van der Waals surface area contributed by atoms with Crippen LogP contribution in [0.1, 0.15) is 16.1 Å². The Morgan fingerprint density at radius 1 is 1.33 bits per heavy atom. The molecule has 2 aromatic rings. The predicted molar refractivity (Wildman–Crippen MR) is 72.0 cm³/mol. The number of pyridine rings is 2. The molecule has 0 aromatic carbocycles. The molecule has 0 aliphatic heterocycles. The standard InChI is InChI=1S/C12H9BrN2O2S/c1-7-2-4-9(12(16)17)11(15-7)18-10-5-3-8(13)6-14-10/h2-6H,1H3,(H,16,17). The second-order valence-corrected chi connectivity index (χ2v) is 5.45. The Balaban J connectivity index is 2.35. The minimum atomic E-state index is -0.984. The van der Waals surface area contributed by atoms with Gasteiger partial charge in [-0.3, -0.25) is 0 Å². The Kier molecular flexibility index (Phi) is 3.98. The van der Waals surface area contributed by atoms with Gasteiger partial charge in [0.2, 0.25) is 0 Å². The van der Waals surface area contributed by atoms with E-state index in [-0.39, 0.29) is 5.56 Å². The van der Waals surface area contributed by atoms with Gasteiger partial charge in [0.1, 0.15) is 10.1 Å². The molecule has 2 heterocycles. The summed E-state index contributed by atoms with van der Waals surface area (Å²) >= 11 is 4.54. The average Bonchev–Trinajstić information content (AvgIpc) is 2.32. The molecule has 6 heteroatoms. The molecule has 0 radical (unpaired) electrons. The number of aromatic nitrogens is 2. The lowest BCUT2D eigenvalue weighted by molar-refractivity contribution is 0.0692. The summed E-state index contributed by atoms with van der Waals surface area (Å²) < 4.78 is 0.877. The Morgan fingerprint density at radius 2 is 2.11 bits per heavy atom. The number of hydrogen-bond donors (Lipinski definition) is 1. The van der Waals surface area contributed by atoms with E-state index < -0.39 is 5.97 Å². The van der Waals surface area contributed by atoms with Crippen LogP contribution < -0.4 is 0 Å². The highest BCUT2D eigenvalue weighted by molar-refractivity contribution is 9.10. The molecule has 0 saturated heterocycles. The third-order valence-electron chi connectivity index (χ3n) is 2.13. The van der Waals surface area contributed by atoms with Gasteiger partial charge in [-0.1, -0.05) is 0 Å². The van der Waals surface area contributed by atoms with Crippen molar-refractivity contribution in [2.24, 2.45) is 0 Å². The molecule has 0 amide bonds. The molecule has 0 atom stereocenters. The molecule has 0 fully saturated rings. The first-order valence-electron chi connectivity index (χ1n) is 5.06. The number of carboxylic acids is 1. The summed E-state index contributed by atoms with van der Waals surface area (Å²) in [6, 6.07) is 6.91. The molecule has 2 rings (SSSR count). The molecule has 1 N–H and O–H groups in total. The van der Waals surface area contributed by atoms with E-state index in [0.29, 0.717) is 10.1 Å². The first-order chi connectivity index (χ1) is 8.56. The summed E-state index contributed by atoms with van der Waals surface area (Å²) in [4.78, 5) is 19.5. The summed E-state index contributed by atoms with van der Waals surface area (Å²) in [6.45, 7) is 1.82. The number of carbonyl (C=O) groups is 1. The Hall–Kier alpha value is -1.40. The van der Waals surface area contributed by atoms with E-state index in [9.17, 15) is 4.79 Å². The minimum Gasteiger partial charge on any atom is -0.478 e. The highest BCUT2D eigenvalue weighted by Gasteiger charge is 2.13. The van der Waals surface area contributed by atoms with E-state index in [1.54, 1.807) is 18.3 Å². The van der Waals surface area contributed by atoms with Crippen LogP contribution in [0.2, 0.25) is 0 Å². The second-order valence-electron chi connectivity index (χ2n) is 3.53. The van der Waals surface area contributed by atoms with Gasteiger partial charge in [-0.15, -0.1) is 0 Å². The fourth-order valence-corrected chi connectivity index (χ4v) is 2.42. The Bertz CT molecular complexity index is 587. The smallest absolute Gasteiger partial charge is 0.338 e. The highest BCUT2D eigenvalue weighted by Crippen LogP contribution is 2.28. The van der Waals surface area contributed by atoms with Crippen molar-refractivity contribution in [2.75, 3.05) is 0 Å². The van der Waals surface area contributed by atoms with Gasteiger partial charge in [0.15, 0.2) is 0 Å². The zero-order valence-electron chi connectivity index (χ0n) is 9.42. The number of aryl methyl sites for hydroxylation is 1. The average molecular weight is 325 g/mol. The van der Waals surface area contributed by atoms with Gasteiger partial charge in [-0.05, 0) is 58.9 Å². The van der Waals surface area contributed by atoms with Crippen LogP contribution in [-0.4, -0.2) is 21.0 Å². The molecule has 18 heavy (non-hydrogen) atoms. The normalized spacial score (nSPS) is 10.3. The SMILES string of the molecule is Cc1ccc(C(=O)O)c(Sc2ccc(Br)cn2)n1. The van der Waals surface area contributed by atoms with Gasteiger partial charge in [-0.25, -0.2) is 14.8 Å². The van der Waals surface area contributed by atoms with Crippen LogP contribution in [0.25, 0.3) is 0 Å². The molecule has 0 aliphatic rings. The van der Waals surface area contributed by atoms with Crippen LogP contribution in [0.15, 0.2) is 45.0 Å². The molecule has 0 aliphatic carbocycles. The van der Waals surface area contributed by atoms with Crippen molar-refractivity contribution in [3.63, 3.8) is 0 Å². The molecular weight excluding hydrogens is 316 g/mol. The summed E-state index contributed by atoms with van der Waals surface area (Å²) in [5.74, 6) is -0.984. The van der Waals surface area contributed by atoms with Gasteiger partial charge in [-0.2, -0.15) is 0 Å². The van der Waals surface area contributed by atoms with Crippen LogP contribution in [0.4, 0.5) is 0 Å². The van der Waals surface area contributed by atoms with Crippen LogP contribution in [0.3, 0.4) is 0 Å². The molecule has 0 unspecified atom stereocenters. The van der Waals surface area contributed by atoms with Crippen molar-refractivity contribution in [2.45, 2.75) is 17.0 Å². The van der Waals surface area contributed by atoms with Gasteiger partial charge in [0.25, 0.3) is 0 Å². The summed E-state index contributed by atoms with van der Waals surface area (Å²) in [5, 5.41) is 10.3. The van der Waals surface area contributed by atoms with Gasteiger partial charge >= 0.3 is 5.97 Å². The quantitative estimate of drug-likeness (QED) is 0.937. The fraction of sp³-hybridized carbons (Fsp3) is 0.0833. The van der Waals surface area contributed by atoms with E-state index in [4.69, 9.17) is 5.11 Å². The molecule has 92 valence electrons. The van der Waals surface area contributed by atoms with Crippen LogP contribution in [-0.2, 0) is 0 Å². The Labute approximate surface area is 117 Å². The van der Waals surface area contributed by atoms with Gasteiger partial charge in [0, 0.05) is 16.4 Å². The van der Waals surface area contributed by atoms with Crippen molar-refractivity contribution in [3.8, 4) is 0 Å². The number of rotatable bonds is 3. The summed E-state index contributed by atoms with van der Waals surface area (Å²) in [5.41, 5.74) is 0.968. The zero-order valence-corrected chi connectivity index (χ0v) is 11.8. The van der Waals surface area contributed by atoms with Gasteiger partial charge in [0.05, 0.1) is 5.56 Å². The van der Waals surface area contributed by atoms with Crippen molar-refractivity contribution in [1.82, 2.24) is 9.97 Å². The lowest BCUT2D eigenvalue weighted by Gasteiger charge is -2.05. The molecule has 0 saturated carbocycles. The zero-order chi connectivity index (χ0) is 13.1. The second kappa shape index (κ2) is 5.49. The molecule has 0 spiro atoms. The van der Waals surface area contributed by atoms with Gasteiger partial charge < -0.3 is 5.11 Å². The topological polar surface area (TPSA) is 63.1 Å². The lowest BCUT2D eigenvalue weighted by Crippen LogP contribution is -2.01. The summed E-state index contributed by atoms with van der Waals surface area (Å²) in [7, 11) is 0. The minimum absolute atomic E-state index is 0.190. The molecular formula is C12H9BrN2O2S. The maximum atomic E-state index is 11.1. The first kappa shape index (κ1) is 13.0. The predicted octanol–water partition coefficient (Wildman–Crippen LogP) is 3.40. The lowest BCUT2D eigenvalue weighted by atomic mass is 10.2. The number of aromatic carboxylic acids is 1. The number of halogens is 1. The van der Waals surface area contributed by atoms with Crippen molar-refractivity contribution in [1.29, 1.82) is 0 Å². The first-order valence-corrected chi connectivity index (χ1v) is 6.67. The van der Waals surface area contributed by atoms with E-state index in [1.165, 1.54) is 11.8 Å². The number of hydrogen-bond acceptors (Lipinski definition) is 4. The van der Waals surface area contributed by atoms with E-state index in [2.05, 4.69) is 25.9 Å². The van der Waals surface area contributed by atoms with Crippen molar-refractivity contribution in [3.05, 3.63) is 46.2 Å². The third-order valence-corrected chi connectivity index (χ3v) is 3.56. The largest absolute Gasteiger partial charge is 0.478 e. The third kappa shape index (κ3) is 3.08. The van der Waals surface area contributed by atoms with Crippen molar-refractivity contribution >= 4 is 33.7 Å². The fourth-order valence-electron chi connectivity index (χ4n) is 1.30. The maximum Gasteiger partial charge on any atom is 0.338 e. The van der Waals surface area contributed by atoms with Crippen LogP contribution in [0, 0.1) is 6.92 Å². The monoisotopic (exact) mass is 324 g/mol. The number of nitrogens with zero attached hydrogens (tertiary/aromatic N) is 2. The maximum absolute atomic E-state index is 11.1. The Morgan fingerprint density at radius 3 is 2.72 bits per heavy atom.